The molecule has 7 nitrogen and oxygen atoms in total. The zero-order chi connectivity index (χ0) is 10.6. The van der Waals surface area contributed by atoms with Crippen molar-refractivity contribution < 1.29 is 33.6 Å². The Bertz CT molecular complexity index is 292. The van der Waals surface area contributed by atoms with Crippen molar-refractivity contribution in [2.24, 2.45) is 0 Å². The molecule has 14 heavy (non-hydrogen) atoms. The van der Waals surface area contributed by atoms with Crippen LogP contribution in [-0.4, -0.2) is 64.6 Å². The summed E-state index contributed by atoms with van der Waals surface area (Å²) in [6, 6.07) is 0. The van der Waals surface area contributed by atoms with Crippen LogP contribution < -0.4 is 0 Å². The van der Waals surface area contributed by atoms with Crippen molar-refractivity contribution in [3.8, 4) is 0 Å². The molecule has 0 saturated carbocycles. The zero-order valence-corrected chi connectivity index (χ0v) is 7.23. The van der Waals surface area contributed by atoms with Crippen LogP contribution >= 0.6 is 7.82 Å². The van der Waals surface area contributed by atoms with Gasteiger partial charge in [0.25, 0.3) is 0 Å². The van der Waals surface area contributed by atoms with Gasteiger partial charge in [0, 0.05) is 5.57 Å². The van der Waals surface area contributed by atoms with Gasteiger partial charge in [0.2, 0.25) is 0 Å². The molecule has 0 aromatic rings. The molecule has 0 rings (SSSR count). The van der Waals surface area contributed by atoms with E-state index in [9.17, 15) is 14.2 Å². The van der Waals surface area contributed by atoms with Gasteiger partial charge in [-0.15, -0.1) is 0 Å². The molecular formula is C5H9CaO7P. The first-order valence-electron chi connectivity index (χ1n) is 2.91. The van der Waals surface area contributed by atoms with Crippen LogP contribution in [0.3, 0.4) is 0 Å². The number of phosphoric acid groups is 1. The molecule has 0 aliphatic heterocycles. The minimum absolute atomic E-state index is 0. The van der Waals surface area contributed by atoms with Crippen LogP contribution in [0.1, 0.15) is 6.42 Å². The molecule has 3 N–H and O–H groups in total. The molecule has 0 saturated heterocycles. The van der Waals surface area contributed by atoms with Gasteiger partial charge in [-0.2, -0.15) is 0 Å². The quantitative estimate of drug-likeness (QED) is 0.324. The maximum absolute atomic E-state index is 10.5. The second-order valence-corrected chi connectivity index (χ2v) is 3.20. The van der Waals surface area contributed by atoms with Crippen LogP contribution in [0.25, 0.3) is 0 Å². The summed E-state index contributed by atoms with van der Waals surface area (Å²) in [4.78, 5) is 36.9. The number of rotatable bonds is 4. The molecule has 9 heteroatoms. The average Bonchev–Trinajstić information content (AvgIpc) is 1.81. The van der Waals surface area contributed by atoms with Crippen molar-refractivity contribution in [3.05, 3.63) is 12.2 Å². The molecule has 0 atom stereocenters. The Labute approximate surface area is 109 Å². The third-order valence-electron chi connectivity index (χ3n) is 0.881. The van der Waals surface area contributed by atoms with Crippen LogP contribution in [0.2, 0.25) is 0 Å². The van der Waals surface area contributed by atoms with Gasteiger partial charge in [-0.1, -0.05) is 6.58 Å². The first-order valence-corrected chi connectivity index (χ1v) is 4.44. The van der Waals surface area contributed by atoms with E-state index >= 15 is 0 Å². The van der Waals surface area contributed by atoms with E-state index in [-0.39, 0.29) is 37.7 Å². The third-order valence-corrected chi connectivity index (χ3v) is 1.32. The van der Waals surface area contributed by atoms with E-state index < -0.39 is 31.8 Å². The number of hydrogen-bond donors (Lipinski definition) is 3. The van der Waals surface area contributed by atoms with E-state index in [0.717, 1.165) is 0 Å². The number of phosphoric ester groups is 1. The molecule has 0 aliphatic rings. The van der Waals surface area contributed by atoms with Crippen molar-refractivity contribution in [1.29, 1.82) is 0 Å². The Morgan fingerprint density at radius 2 is 1.79 bits per heavy atom. The van der Waals surface area contributed by atoms with Gasteiger partial charge >= 0.3 is 57.5 Å². The molecular weight excluding hydrogens is 243 g/mol. The van der Waals surface area contributed by atoms with E-state index in [2.05, 4.69) is 11.1 Å². The van der Waals surface area contributed by atoms with Gasteiger partial charge in [0.15, 0.2) is 0 Å². The second kappa shape index (κ2) is 6.55. The van der Waals surface area contributed by atoms with E-state index in [0.29, 0.717) is 0 Å². The topological polar surface area (TPSA) is 121 Å². The number of carbonyl (C=O) groups excluding carboxylic acids is 1. The number of hydrogen-bond acceptors (Lipinski definition) is 4. The molecule has 0 amide bonds. The summed E-state index contributed by atoms with van der Waals surface area (Å²) in [6.45, 7) is 2.97. The summed E-state index contributed by atoms with van der Waals surface area (Å²) in [7, 11) is -4.89. The van der Waals surface area contributed by atoms with E-state index in [4.69, 9.17) is 14.9 Å². The van der Waals surface area contributed by atoms with Crippen molar-refractivity contribution in [1.82, 2.24) is 0 Å². The van der Waals surface area contributed by atoms with Crippen molar-refractivity contribution in [2.45, 2.75) is 6.42 Å². The summed E-state index contributed by atoms with van der Waals surface area (Å²) in [5, 5.41) is 8.23. The van der Waals surface area contributed by atoms with Crippen molar-refractivity contribution in [2.75, 3.05) is 0 Å². The maximum atomic E-state index is 10.5. The summed E-state index contributed by atoms with van der Waals surface area (Å²) in [6.07, 6.45) is -0.763. The van der Waals surface area contributed by atoms with Gasteiger partial charge in [-0.05, 0) is 0 Å². The number of aliphatic carboxylic acids is 1. The number of carboxylic acid groups (broad SMARTS) is 1. The first kappa shape index (κ1) is 16.5. The number of carboxylic acids is 1. The van der Waals surface area contributed by atoms with Crippen LogP contribution in [0.5, 0.6) is 0 Å². The van der Waals surface area contributed by atoms with Crippen LogP contribution in [0.15, 0.2) is 12.2 Å². The standard InChI is InChI=1S/C5H7O7P.Ca.2H/c1-3(5(7)8)2-4(6)12-13(9,10)11;;;/h1-2H2,(H,7,8)(H2,9,10,11);;;. The van der Waals surface area contributed by atoms with Gasteiger partial charge in [-0.3, -0.25) is 14.6 Å². The summed E-state index contributed by atoms with van der Waals surface area (Å²) in [5.41, 5.74) is -0.501. The predicted molar refractivity (Wildman–Crippen MR) is 48.1 cm³/mol. The molecule has 0 bridgehead atoms. The molecule has 0 unspecified atom stereocenters. The van der Waals surface area contributed by atoms with E-state index in [1.807, 2.05) is 0 Å². The van der Waals surface area contributed by atoms with Gasteiger partial charge < -0.3 is 9.63 Å². The Kier molecular flexibility index (Phi) is 7.73. The molecule has 0 spiro atoms. The third kappa shape index (κ3) is 8.68. The molecule has 0 radical (unpaired) electrons. The number of carbonyl (C=O) groups is 2. The first-order chi connectivity index (χ1) is 5.72. The Balaban J connectivity index is 0. The second-order valence-electron chi connectivity index (χ2n) is 2.04. The summed E-state index contributed by atoms with van der Waals surface area (Å²) >= 11 is 0. The zero-order valence-electron chi connectivity index (χ0n) is 6.34. The normalized spacial score (nSPS) is 9.86. The van der Waals surface area contributed by atoms with Crippen LogP contribution in [-0.2, 0) is 18.7 Å². The van der Waals surface area contributed by atoms with Gasteiger partial charge in [0.05, 0.1) is 6.42 Å². The Morgan fingerprint density at radius 1 is 1.36 bits per heavy atom. The molecule has 0 aromatic heterocycles. The SMILES string of the molecule is C=C(CC(=O)OP(=O)(O)O)C(=O)O.[CaH2]. The fraction of sp³-hybridized carbons (Fsp3) is 0.200. The molecule has 0 fully saturated rings. The summed E-state index contributed by atoms with van der Waals surface area (Å²) < 4.78 is 13.6. The van der Waals surface area contributed by atoms with Crippen molar-refractivity contribution >= 4 is 57.5 Å². The Hall–Kier alpha value is 0.0897. The van der Waals surface area contributed by atoms with E-state index in [1.165, 1.54) is 0 Å². The summed E-state index contributed by atoms with van der Waals surface area (Å²) in [5.74, 6) is -2.76. The average molecular weight is 252 g/mol. The monoisotopic (exact) mass is 252 g/mol. The van der Waals surface area contributed by atoms with Crippen molar-refractivity contribution in [3.63, 3.8) is 0 Å². The fourth-order valence-electron chi connectivity index (χ4n) is 0.415. The van der Waals surface area contributed by atoms with E-state index in [1.54, 1.807) is 0 Å². The molecule has 78 valence electrons. The van der Waals surface area contributed by atoms with Crippen LogP contribution in [0, 0.1) is 0 Å². The predicted octanol–water partition coefficient (Wildman–Crippen LogP) is -1.26. The van der Waals surface area contributed by atoms with Crippen LogP contribution in [0.4, 0.5) is 0 Å². The van der Waals surface area contributed by atoms with Gasteiger partial charge in [0.1, 0.15) is 0 Å². The molecule has 0 aromatic carbocycles. The minimum atomic E-state index is -4.89. The Morgan fingerprint density at radius 3 is 2.07 bits per heavy atom. The molecule has 0 heterocycles. The molecule has 0 aliphatic carbocycles. The fourth-order valence-corrected chi connectivity index (χ4v) is 0.745. The van der Waals surface area contributed by atoms with Gasteiger partial charge in [-0.25, -0.2) is 9.36 Å².